The Morgan fingerprint density at radius 3 is 2.00 bits per heavy atom. The number of rotatable bonds is 2. The molecule has 0 aliphatic carbocycles. The summed E-state index contributed by atoms with van der Waals surface area (Å²) in [7, 11) is 0. The highest BCUT2D eigenvalue weighted by atomic mass is 16.1. The van der Waals surface area contributed by atoms with Crippen LogP contribution in [-0.4, -0.2) is 9.97 Å². The van der Waals surface area contributed by atoms with Crippen molar-refractivity contribution in [3.05, 3.63) is 76.6 Å². The lowest BCUT2D eigenvalue weighted by atomic mass is 10.1. The summed E-state index contributed by atoms with van der Waals surface area (Å²) in [4.78, 5) is 19.6. The maximum atomic E-state index is 12.1. The number of hydrogen-bond acceptors (Lipinski definition) is 2. The summed E-state index contributed by atoms with van der Waals surface area (Å²) in [6, 6.07) is 19.4. The van der Waals surface area contributed by atoms with E-state index < -0.39 is 0 Å². The number of aromatic nitrogens is 2. The van der Waals surface area contributed by atoms with Gasteiger partial charge < -0.3 is 4.98 Å². The van der Waals surface area contributed by atoms with Gasteiger partial charge in [0.25, 0.3) is 5.56 Å². The lowest BCUT2D eigenvalue weighted by molar-refractivity contribution is 1.09. The van der Waals surface area contributed by atoms with E-state index in [0.717, 1.165) is 16.8 Å². The number of aromatic amines is 1. The van der Waals surface area contributed by atoms with Crippen molar-refractivity contribution < 1.29 is 0 Å². The van der Waals surface area contributed by atoms with Gasteiger partial charge in [-0.05, 0) is 6.92 Å². The molecular formula is C17H14N2O. The molecule has 98 valence electrons. The lowest BCUT2D eigenvalue weighted by Crippen LogP contribution is -2.14. The van der Waals surface area contributed by atoms with Crippen LogP contribution in [0.15, 0.2) is 65.5 Å². The van der Waals surface area contributed by atoms with Crippen molar-refractivity contribution in [2.45, 2.75) is 6.92 Å². The van der Waals surface area contributed by atoms with Gasteiger partial charge in [-0.3, -0.25) is 4.79 Å². The molecule has 1 heterocycles. The van der Waals surface area contributed by atoms with Gasteiger partial charge in [-0.2, -0.15) is 0 Å². The van der Waals surface area contributed by atoms with E-state index in [9.17, 15) is 4.79 Å². The minimum absolute atomic E-state index is 0.0993. The molecule has 0 spiro atoms. The average Bonchev–Trinajstić information content (AvgIpc) is 2.51. The van der Waals surface area contributed by atoms with Gasteiger partial charge in [0.2, 0.25) is 0 Å². The molecule has 0 aliphatic rings. The quantitative estimate of drug-likeness (QED) is 0.769. The second-order valence-corrected chi connectivity index (χ2v) is 4.62. The Morgan fingerprint density at radius 1 is 0.850 bits per heavy atom. The zero-order valence-corrected chi connectivity index (χ0v) is 11.1. The zero-order valence-electron chi connectivity index (χ0n) is 11.1. The highest BCUT2D eigenvalue weighted by Gasteiger charge is 2.10. The Hall–Kier alpha value is -2.68. The van der Waals surface area contributed by atoms with Crippen molar-refractivity contribution in [2.75, 3.05) is 0 Å². The van der Waals surface area contributed by atoms with E-state index in [1.165, 1.54) is 0 Å². The SMILES string of the molecule is Cc1c(-c2ccccc2)nc(-c2ccccc2)[nH]c1=O. The Bertz CT molecular complexity index is 777. The lowest BCUT2D eigenvalue weighted by Gasteiger charge is -2.07. The molecule has 20 heavy (non-hydrogen) atoms. The molecule has 0 amide bonds. The molecule has 0 saturated carbocycles. The summed E-state index contributed by atoms with van der Waals surface area (Å²) in [6.45, 7) is 1.79. The second kappa shape index (κ2) is 5.13. The third-order valence-corrected chi connectivity index (χ3v) is 3.25. The van der Waals surface area contributed by atoms with E-state index in [1.807, 2.05) is 60.7 Å². The predicted molar refractivity (Wildman–Crippen MR) is 80.5 cm³/mol. The van der Waals surface area contributed by atoms with Gasteiger partial charge >= 0.3 is 0 Å². The van der Waals surface area contributed by atoms with Crippen LogP contribution in [0, 0.1) is 6.92 Å². The fourth-order valence-corrected chi connectivity index (χ4v) is 2.14. The van der Waals surface area contributed by atoms with Crippen molar-refractivity contribution in [1.29, 1.82) is 0 Å². The normalized spacial score (nSPS) is 10.4. The van der Waals surface area contributed by atoms with Crippen LogP contribution >= 0.6 is 0 Å². The summed E-state index contributed by atoms with van der Waals surface area (Å²) in [6.07, 6.45) is 0. The molecule has 1 aromatic heterocycles. The molecular weight excluding hydrogens is 248 g/mol. The van der Waals surface area contributed by atoms with Gasteiger partial charge in [-0.25, -0.2) is 4.98 Å². The molecule has 0 aliphatic heterocycles. The molecule has 3 aromatic rings. The van der Waals surface area contributed by atoms with Crippen molar-refractivity contribution in [1.82, 2.24) is 9.97 Å². The van der Waals surface area contributed by atoms with E-state index in [2.05, 4.69) is 9.97 Å². The summed E-state index contributed by atoms with van der Waals surface area (Å²) < 4.78 is 0. The van der Waals surface area contributed by atoms with Gasteiger partial charge in [0.05, 0.1) is 5.69 Å². The molecule has 0 radical (unpaired) electrons. The van der Waals surface area contributed by atoms with Crippen molar-refractivity contribution in [2.24, 2.45) is 0 Å². The average molecular weight is 262 g/mol. The Kier molecular flexibility index (Phi) is 3.17. The third-order valence-electron chi connectivity index (χ3n) is 3.25. The molecule has 0 unspecified atom stereocenters. The highest BCUT2D eigenvalue weighted by Crippen LogP contribution is 2.21. The van der Waals surface area contributed by atoms with Crippen LogP contribution in [0.4, 0.5) is 0 Å². The molecule has 3 nitrogen and oxygen atoms in total. The summed E-state index contributed by atoms with van der Waals surface area (Å²) >= 11 is 0. The number of hydrogen-bond donors (Lipinski definition) is 1. The summed E-state index contributed by atoms with van der Waals surface area (Å²) in [5.41, 5.74) is 3.12. The topological polar surface area (TPSA) is 45.8 Å². The smallest absolute Gasteiger partial charge is 0.254 e. The van der Waals surface area contributed by atoms with Crippen LogP contribution in [0.5, 0.6) is 0 Å². The monoisotopic (exact) mass is 262 g/mol. The van der Waals surface area contributed by atoms with E-state index in [4.69, 9.17) is 0 Å². The van der Waals surface area contributed by atoms with Gasteiger partial charge in [0.1, 0.15) is 5.82 Å². The highest BCUT2D eigenvalue weighted by molar-refractivity contribution is 5.66. The Balaban J connectivity index is 2.22. The van der Waals surface area contributed by atoms with Gasteiger partial charge in [0, 0.05) is 16.7 Å². The van der Waals surface area contributed by atoms with Crippen molar-refractivity contribution in [3.8, 4) is 22.6 Å². The molecule has 0 saturated heterocycles. The molecule has 0 bridgehead atoms. The van der Waals surface area contributed by atoms with Crippen molar-refractivity contribution in [3.63, 3.8) is 0 Å². The Morgan fingerprint density at radius 2 is 1.40 bits per heavy atom. The number of benzene rings is 2. The van der Waals surface area contributed by atoms with E-state index in [-0.39, 0.29) is 5.56 Å². The summed E-state index contributed by atoms with van der Waals surface area (Å²) in [5, 5.41) is 0. The van der Waals surface area contributed by atoms with E-state index >= 15 is 0 Å². The predicted octanol–water partition coefficient (Wildman–Crippen LogP) is 3.41. The zero-order chi connectivity index (χ0) is 13.9. The number of nitrogens with zero attached hydrogens (tertiary/aromatic N) is 1. The molecule has 3 heteroatoms. The molecule has 2 aromatic carbocycles. The first-order valence-corrected chi connectivity index (χ1v) is 6.47. The van der Waals surface area contributed by atoms with Gasteiger partial charge in [0.15, 0.2) is 0 Å². The van der Waals surface area contributed by atoms with Crippen LogP contribution in [0.25, 0.3) is 22.6 Å². The molecule has 0 fully saturated rings. The van der Waals surface area contributed by atoms with Crippen molar-refractivity contribution >= 4 is 0 Å². The first-order chi connectivity index (χ1) is 9.75. The van der Waals surface area contributed by atoms with E-state index in [0.29, 0.717) is 11.4 Å². The largest absolute Gasteiger partial charge is 0.306 e. The number of nitrogens with one attached hydrogen (secondary N) is 1. The van der Waals surface area contributed by atoms with E-state index in [1.54, 1.807) is 6.92 Å². The molecule has 3 rings (SSSR count). The second-order valence-electron chi connectivity index (χ2n) is 4.62. The number of H-pyrrole nitrogens is 1. The van der Waals surface area contributed by atoms with Crippen LogP contribution in [0.1, 0.15) is 5.56 Å². The summed E-state index contributed by atoms with van der Waals surface area (Å²) in [5.74, 6) is 0.597. The fraction of sp³-hybridized carbons (Fsp3) is 0.0588. The van der Waals surface area contributed by atoms with Crippen LogP contribution in [-0.2, 0) is 0 Å². The van der Waals surface area contributed by atoms with Crippen LogP contribution in [0.2, 0.25) is 0 Å². The first kappa shape index (κ1) is 12.4. The minimum atomic E-state index is -0.0993. The molecule has 1 N–H and O–H groups in total. The standard InChI is InChI=1S/C17H14N2O/c1-12-15(13-8-4-2-5-9-13)18-16(19-17(12)20)14-10-6-3-7-11-14/h2-11H,1H3,(H,18,19,20). The van der Waals surface area contributed by atoms with Crippen LogP contribution in [0.3, 0.4) is 0 Å². The Labute approximate surface area is 117 Å². The minimum Gasteiger partial charge on any atom is -0.306 e. The maximum absolute atomic E-state index is 12.1. The van der Waals surface area contributed by atoms with Crippen LogP contribution < -0.4 is 5.56 Å². The van der Waals surface area contributed by atoms with Gasteiger partial charge in [-0.15, -0.1) is 0 Å². The van der Waals surface area contributed by atoms with Gasteiger partial charge in [-0.1, -0.05) is 60.7 Å². The third kappa shape index (κ3) is 2.26. The maximum Gasteiger partial charge on any atom is 0.254 e. The molecule has 0 atom stereocenters. The fourth-order valence-electron chi connectivity index (χ4n) is 2.14. The first-order valence-electron chi connectivity index (χ1n) is 6.47.